The van der Waals surface area contributed by atoms with Gasteiger partial charge in [-0.15, -0.1) is 10.2 Å². The predicted molar refractivity (Wildman–Crippen MR) is 76.2 cm³/mol. The van der Waals surface area contributed by atoms with Crippen LogP contribution in [0.25, 0.3) is 11.3 Å². The van der Waals surface area contributed by atoms with E-state index in [1.54, 1.807) is 7.11 Å². The molecule has 0 aliphatic carbocycles. The lowest BCUT2D eigenvalue weighted by Crippen LogP contribution is -2.25. The predicted octanol–water partition coefficient (Wildman–Crippen LogP) is 1.91. The first-order valence-electron chi connectivity index (χ1n) is 6.17. The van der Waals surface area contributed by atoms with Gasteiger partial charge in [0.25, 0.3) is 0 Å². The van der Waals surface area contributed by atoms with Gasteiger partial charge >= 0.3 is 0 Å². The number of ether oxygens (including phenoxy) is 1. The summed E-state index contributed by atoms with van der Waals surface area (Å²) in [6.07, 6.45) is 0. The molecular formula is C14H18N4O. The first-order chi connectivity index (χ1) is 9.22. The molecular weight excluding hydrogens is 240 g/mol. The molecule has 0 aliphatic rings. The SMILES string of the molecule is COc1ccc(-c2ccc(NC(C)CN)nn2)cc1. The minimum atomic E-state index is 0.182. The third kappa shape index (κ3) is 3.42. The second-order valence-corrected chi connectivity index (χ2v) is 4.31. The van der Waals surface area contributed by atoms with Crippen LogP contribution in [0.15, 0.2) is 36.4 Å². The highest BCUT2D eigenvalue weighted by Crippen LogP contribution is 2.20. The van der Waals surface area contributed by atoms with Crippen LogP contribution >= 0.6 is 0 Å². The molecule has 0 spiro atoms. The fraction of sp³-hybridized carbons (Fsp3) is 0.286. The maximum absolute atomic E-state index is 5.55. The Morgan fingerprint density at radius 2 is 1.89 bits per heavy atom. The van der Waals surface area contributed by atoms with Gasteiger partial charge in [-0.1, -0.05) is 0 Å². The molecule has 3 N–H and O–H groups in total. The summed E-state index contributed by atoms with van der Waals surface area (Å²) >= 11 is 0. The largest absolute Gasteiger partial charge is 0.497 e. The van der Waals surface area contributed by atoms with Crippen molar-refractivity contribution in [2.45, 2.75) is 13.0 Å². The summed E-state index contributed by atoms with van der Waals surface area (Å²) in [4.78, 5) is 0. The molecule has 1 aromatic carbocycles. The quantitative estimate of drug-likeness (QED) is 0.857. The van der Waals surface area contributed by atoms with Crippen molar-refractivity contribution in [1.82, 2.24) is 10.2 Å². The number of hydrogen-bond acceptors (Lipinski definition) is 5. The van der Waals surface area contributed by atoms with E-state index in [1.807, 2.05) is 43.3 Å². The highest BCUT2D eigenvalue weighted by atomic mass is 16.5. The van der Waals surface area contributed by atoms with E-state index in [2.05, 4.69) is 15.5 Å². The van der Waals surface area contributed by atoms with Crippen molar-refractivity contribution in [2.24, 2.45) is 5.73 Å². The Balaban J connectivity index is 2.12. The summed E-state index contributed by atoms with van der Waals surface area (Å²) in [6, 6.07) is 11.7. The number of anilines is 1. The summed E-state index contributed by atoms with van der Waals surface area (Å²) in [6.45, 7) is 2.56. The topological polar surface area (TPSA) is 73.1 Å². The molecule has 0 radical (unpaired) electrons. The normalized spacial score (nSPS) is 11.9. The molecule has 0 saturated carbocycles. The second-order valence-electron chi connectivity index (χ2n) is 4.31. The van der Waals surface area contributed by atoms with Crippen LogP contribution in [-0.4, -0.2) is 29.9 Å². The Morgan fingerprint density at radius 3 is 2.42 bits per heavy atom. The van der Waals surface area contributed by atoms with Gasteiger partial charge in [-0.2, -0.15) is 0 Å². The zero-order valence-corrected chi connectivity index (χ0v) is 11.1. The smallest absolute Gasteiger partial charge is 0.148 e. The minimum absolute atomic E-state index is 0.182. The van der Waals surface area contributed by atoms with Gasteiger partial charge < -0.3 is 15.8 Å². The van der Waals surface area contributed by atoms with Gasteiger partial charge in [0.2, 0.25) is 0 Å². The third-order valence-electron chi connectivity index (χ3n) is 2.80. The van der Waals surface area contributed by atoms with E-state index in [-0.39, 0.29) is 6.04 Å². The van der Waals surface area contributed by atoms with Crippen LogP contribution < -0.4 is 15.8 Å². The monoisotopic (exact) mass is 258 g/mol. The van der Waals surface area contributed by atoms with Crippen LogP contribution in [0.2, 0.25) is 0 Å². The van der Waals surface area contributed by atoms with Crippen molar-refractivity contribution >= 4 is 5.82 Å². The molecule has 1 unspecified atom stereocenters. The Kier molecular flexibility index (Phi) is 4.30. The molecule has 1 atom stereocenters. The molecule has 0 bridgehead atoms. The van der Waals surface area contributed by atoms with Crippen LogP contribution in [0, 0.1) is 0 Å². The Hall–Kier alpha value is -2.14. The summed E-state index contributed by atoms with van der Waals surface area (Å²) in [5.41, 5.74) is 7.38. The highest BCUT2D eigenvalue weighted by molar-refractivity contribution is 5.60. The van der Waals surface area contributed by atoms with Gasteiger partial charge in [0.1, 0.15) is 11.6 Å². The van der Waals surface area contributed by atoms with Gasteiger partial charge in [0.05, 0.1) is 12.8 Å². The number of benzene rings is 1. The van der Waals surface area contributed by atoms with Crippen LogP contribution in [-0.2, 0) is 0 Å². The molecule has 5 nitrogen and oxygen atoms in total. The lowest BCUT2D eigenvalue weighted by Gasteiger charge is -2.11. The van der Waals surface area contributed by atoms with Crippen LogP contribution in [0.4, 0.5) is 5.82 Å². The zero-order chi connectivity index (χ0) is 13.7. The van der Waals surface area contributed by atoms with E-state index >= 15 is 0 Å². The molecule has 0 fully saturated rings. The number of nitrogens with one attached hydrogen (secondary N) is 1. The Bertz CT molecular complexity index is 510. The van der Waals surface area contributed by atoms with Crippen molar-refractivity contribution in [2.75, 3.05) is 19.0 Å². The van der Waals surface area contributed by atoms with E-state index in [9.17, 15) is 0 Å². The van der Waals surface area contributed by atoms with Crippen molar-refractivity contribution in [3.63, 3.8) is 0 Å². The van der Waals surface area contributed by atoms with Gasteiger partial charge in [0, 0.05) is 18.2 Å². The minimum Gasteiger partial charge on any atom is -0.497 e. The molecule has 1 aromatic heterocycles. The molecule has 19 heavy (non-hydrogen) atoms. The second kappa shape index (κ2) is 6.15. The maximum Gasteiger partial charge on any atom is 0.148 e. The van der Waals surface area contributed by atoms with E-state index < -0.39 is 0 Å². The fourth-order valence-electron chi connectivity index (χ4n) is 1.64. The van der Waals surface area contributed by atoms with Crippen LogP contribution in [0.5, 0.6) is 5.75 Å². The van der Waals surface area contributed by atoms with Gasteiger partial charge in [-0.3, -0.25) is 0 Å². The molecule has 2 rings (SSSR count). The number of hydrogen-bond donors (Lipinski definition) is 2. The van der Waals surface area contributed by atoms with E-state index in [0.29, 0.717) is 6.54 Å². The molecule has 0 aliphatic heterocycles. The lowest BCUT2D eigenvalue weighted by molar-refractivity contribution is 0.415. The number of rotatable bonds is 5. The van der Waals surface area contributed by atoms with E-state index in [1.165, 1.54) is 0 Å². The van der Waals surface area contributed by atoms with Crippen molar-refractivity contribution in [3.8, 4) is 17.0 Å². The number of aromatic nitrogens is 2. The van der Waals surface area contributed by atoms with Gasteiger partial charge in [-0.25, -0.2) is 0 Å². The van der Waals surface area contributed by atoms with Crippen molar-refractivity contribution in [1.29, 1.82) is 0 Å². The number of nitrogens with zero attached hydrogens (tertiary/aromatic N) is 2. The number of nitrogens with two attached hydrogens (primary N) is 1. The van der Waals surface area contributed by atoms with Gasteiger partial charge in [-0.05, 0) is 43.3 Å². The third-order valence-corrected chi connectivity index (χ3v) is 2.80. The van der Waals surface area contributed by atoms with Crippen molar-refractivity contribution < 1.29 is 4.74 Å². The summed E-state index contributed by atoms with van der Waals surface area (Å²) < 4.78 is 5.12. The Morgan fingerprint density at radius 1 is 1.16 bits per heavy atom. The fourth-order valence-corrected chi connectivity index (χ4v) is 1.64. The summed E-state index contributed by atoms with van der Waals surface area (Å²) in [5, 5.41) is 11.5. The molecule has 2 aromatic rings. The maximum atomic E-state index is 5.55. The lowest BCUT2D eigenvalue weighted by atomic mass is 10.1. The molecule has 100 valence electrons. The Labute approximate surface area is 112 Å². The van der Waals surface area contributed by atoms with Crippen LogP contribution in [0.3, 0.4) is 0 Å². The van der Waals surface area contributed by atoms with Crippen LogP contribution in [0.1, 0.15) is 6.92 Å². The molecule has 0 amide bonds. The zero-order valence-electron chi connectivity index (χ0n) is 11.1. The average molecular weight is 258 g/mol. The van der Waals surface area contributed by atoms with Gasteiger partial charge in [0.15, 0.2) is 0 Å². The molecule has 1 heterocycles. The standard InChI is InChI=1S/C14H18N4O/c1-10(9-15)16-14-8-7-13(17-18-14)11-3-5-12(19-2)6-4-11/h3-8,10H,9,15H2,1-2H3,(H,16,18). The summed E-state index contributed by atoms with van der Waals surface area (Å²) in [7, 11) is 1.65. The van der Waals surface area contributed by atoms with E-state index in [4.69, 9.17) is 10.5 Å². The van der Waals surface area contributed by atoms with Crippen molar-refractivity contribution in [3.05, 3.63) is 36.4 Å². The average Bonchev–Trinajstić information content (AvgIpc) is 2.48. The summed E-state index contributed by atoms with van der Waals surface area (Å²) in [5.74, 6) is 1.56. The molecule has 5 heteroatoms. The number of methoxy groups -OCH3 is 1. The first kappa shape index (κ1) is 13.3. The van der Waals surface area contributed by atoms with E-state index in [0.717, 1.165) is 22.8 Å². The first-order valence-corrected chi connectivity index (χ1v) is 6.17. The highest BCUT2D eigenvalue weighted by Gasteiger charge is 2.03. The molecule has 0 saturated heterocycles.